The first kappa shape index (κ1) is 21.1. The van der Waals surface area contributed by atoms with Crippen molar-refractivity contribution in [2.24, 2.45) is 5.92 Å². The van der Waals surface area contributed by atoms with Gasteiger partial charge in [-0.25, -0.2) is 4.98 Å². The van der Waals surface area contributed by atoms with Crippen molar-refractivity contribution in [3.05, 3.63) is 45.4 Å². The van der Waals surface area contributed by atoms with Gasteiger partial charge in [-0.2, -0.15) is 5.26 Å². The van der Waals surface area contributed by atoms with Gasteiger partial charge in [-0.3, -0.25) is 14.0 Å². The maximum absolute atomic E-state index is 13.5. The summed E-state index contributed by atoms with van der Waals surface area (Å²) in [5, 5.41) is 9.73. The van der Waals surface area contributed by atoms with Crippen LogP contribution in [0.2, 0.25) is 0 Å². The number of carbonyl (C=O) groups excluding carboxylic acids is 1. The number of carbonyl (C=O) groups is 1. The van der Waals surface area contributed by atoms with Gasteiger partial charge in [-0.15, -0.1) is 0 Å². The van der Waals surface area contributed by atoms with E-state index in [0.29, 0.717) is 43.7 Å². The predicted octanol–water partition coefficient (Wildman–Crippen LogP) is 2.00. The number of nitrogens with zero attached hydrogens (tertiary/aromatic N) is 5. The van der Waals surface area contributed by atoms with Crippen LogP contribution in [0.15, 0.2) is 28.7 Å². The number of aromatic nitrogens is 2. The lowest BCUT2D eigenvalue weighted by Gasteiger charge is -2.32. The third-order valence-corrected chi connectivity index (χ3v) is 6.09. The number of nitriles is 1. The van der Waals surface area contributed by atoms with Crippen molar-refractivity contribution >= 4 is 23.4 Å². The molecule has 0 aliphatic carbocycles. The van der Waals surface area contributed by atoms with Crippen LogP contribution in [0, 0.1) is 24.2 Å². The summed E-state index contributed by atoms with van der Waals surface area (Å²) in [5.41, 5.74) is 1.45. The van der Waals surface area contributed by atoms with Crippen molar-refractivity contribution in [3.63, 3.8) is 0 Å². The predicted molar refractivity (Wildman–Crippen MR) is 118 cm³/mol. The Morgan fingerprint density at radius 1 is 1.26 bits per heavy atom. The van der Waals surface area contributed by atoms with Gasteiger partial charge in [0.25, 0.3) is 11.5 Å². The van der Waals surface area contributed by atoms with E-state index in [1.54, 1.807) is 17.2 Å². The molecule has 2 aliphatic rings. The van der Waals surface area contributed by atoms with Gasteiger partial charge < -0.3 is 14.5 Å². The Bertz CT molecular complexity index is 1120. The van der Waals surface area contributed by atoms with Crippen LogP contribution in [0.4, 0.5) is 5.82 Å². The number of fused-ring (bicyclic) bond motifs is 1. The molecule has 0 unspecified atom stereocenters. The SMILES string of the molecule is Cc1cccn2c(=O)c(/C=C(/C#N)C(=O)N3CCOCC3)c(N3CCC(C)CC3)nc12. The van der Waals surface area contributed by atoms with Crippen LogP contribution in [-0.4, -0.2) is 59.6 Å². The van der Waals surface area contributed by atoms with E-state index in [2.05, 4.69) is 11.8 Å². The largest absolute Gasteiger partial charge is 0.378 e. The molecule has 8 heteroatoms. The summed E-state index contributed by atoms with van der Waals surface area (Å²) < 4.78 is 6.79. The second kappa shape index (κ2) is 8.90. The lowest BCUT2D eigenvalue weighted by atomic mass is 9.99. The number of pyridine rings is 1. The topological polar surface area (TPSA) is 90.9 Å². The van der Waals surface area contributed by atoms with Crippen LogP contribution >= 0.6 is 0 Å². The Balaban J connectivity index is 1.84. The van der Waals surface area contributed by atoms with Crippen LogP contribution < -0.4 is 10.5 Å². The molecule has 1 amide bonds. The monoisotopic (exact) mass is 421 g/mol. The van der Waals surface area contributed by atoms with Gasteiger partial charge in [0.2, 0.25) is 0 Å². The molecule has 31 heavy (non-hydrogen) atoms. The van der Waals surface area contributed by atoms with Gasteiger partial charge in [-0.1, -0.05) is 13.0 Å². The molecule has 0 spiro atoms. The number of morpholine rings is 1. The lowest BCUT2D eigenvalue weighted by Crippen LogP contribution is -2.41. The smallest absolute Gasteiger partial charge is 0.267 e. The second-order valence-corrected chi connectivity index (χ2v) is 8.28. The maximum Gasteiger partial charge on any atom is 0.267 e. The molecule has 2 aromatic heterocycles. The highest BCUT2D eigenvalue weighted by atomic mass is 16.5. The minimum atomic E-state index is -0.377. The van der Waals surface area contributed by atoms with E-state index in [-0.39, 0.29) is 22.6 Å². The number of amides is 1. The van der Waals surface area contributed by atoms with Crippen molar-refractivity contribution in [2.45, 2.75) is 26.7 Å². The van der Waals surface area contributed by atoms with E-state index in [9.17, 15) is 14.9 Å². The molecule has 4 heterocycles. The van der Waals surface area contributed by atoms with Crippen molar-refractivity contribution < 1.29 is 9.53 Å². The highest BCUT2D eigenvalue weighted by molar-refractivity contribution is 6.02. The zero-order chi connectivity index (χ0) is 22.0. The van der Waals surface area contributed by atoms with Crippen molar-refractivity contribution in [2.75, 3.05) is 44.3 Å². The quantitative estimate of drug-likeness (QED) is 0.556. The Hall–Kier alpha value is -3.18. The number of aryl methyl sites for hydroxylation is 1. The first-order valence-corrected chi connectivity index (χ1v) is 10.8. The molecule has 0 radical (unpaired) electrons. The van der Waals surface area contributed by atoms with Gasteiger partial charge in [0.05, 0.1) is 18.8 Å². The summed E-state index contributed by atoms with van der Waals surface area (Å²) in [6.45, 7) is 7.47. The van der Waals surface area contributed by atoms with Crippen LogP contribution in [-0.2, 0) is 9.53 Å². The molecule has 2 fully saturated rings. The minimum Gasteiger partial charge on any atom is -0.378 e. The summed E-state index contributed by atoms with van der Waals surface area (Å²) in [4.78, 5) is 34.9. The van der Waals surface area contributed by atoms with Gasteiger partial charge in [-0.05, 0) is 43.4 Å². The first-order valence-electron chi connectivity index (χ1n) is 10.8. The number of rotatable bonds is 3. The molecule has 162 valence electrons. The Labute approximate surface area is 181 Å². The average molecular weight is 422 g/mol. The molecule has 2 aliphatic heterocycles. The van der Waals surface area contributed by atoms with Crippen LogP contribution in [0.3, 0.4) is 0 Å². The summed E-state index contributed by atoms with van der Waals surface area (Å²) in [6.07, 6.45) is 5.12. The normalized spacial score (nSPS) is 18.3. The van der Waals surface area contributed by atoms with E-state index < -0.39 is 0 Å². The van der Waals surface area contributed by atoms with Gasteiger partial charge in [0, 0.05) is 32.4 Å². The molecule has 0 bridgehead atoms. The molecule has 2 saturated heterocycles. The summed E-state index contributed by atoms with van der Waals surface area (Å²) >= 11 is 0. The Morgan fingerprint density at radius 3 is 2.65 bits per heavy atom. The van der Waals surface area contributed by atoms with Gasteiger partial charge in [0.1, 0.15) is 23.1 Å². The molecule has 0 atom stereocenters. The van der Waals surface area contributed by atoms with Gasteiger partial charge >= 0.3 is 0 Å². The fraction of sp³-hybridized carbons (Fsp3) is 0.478. The minimum absolute atomic E-state index is 0.0555. The zero-order valence-corrected chi connectivity index (χ0v) is 18.0. The first-order chi connectivity index (χ1) is 15.0. The average Bonchev–Trinajstić information content (AvgIpc) is 2.80. The highest BCUT2D eigenvalue weighted by Gasteiger charge is 2.25. The van der Waals surface area contributed by atoms with E-state index in [0.717, 1.165) is 31.5 Å². The Morgan fingerprint density at radius 2 is 1.97 bits per heavy atom. The van der Waals surface area contributed by atoms with Gasteiger partial charge in [0.15, 0.2) is 0 Å². The van der Waals surface area contributed by atoms with E-state index in [4.69, 9.17) is 9.72 Å². The molecule has 2 aromatic rings. The number of piperidine rings is 1. The number of anilines is 1. The summed E-state index contributed by atoms with van der Waals surface area (Å²) in [5.74, 6) is 0.794. The fourth-order valence-electron chi connectivity index (χ4n) is 4.11. The molecule has 8 nitrogen and oxygen atoms in total. The standard InChI is InChI=1S/C23H27N5O3/c1-16-5-8-26(9-6-16)21-19(23(30)28-7-3-4-17(2)20(28)25-21)14-18(15-24)22(29)27-10-12-31-13-11-27/h3-4,7,14,16H,5-6,8-13H2,1-2H3/b18-14-. The molecular weight excluding hydrogens is 394 g/mol. The van der Waals surface area contributed by atoms with Crippen molar-refractivity contribution in [1.29, 1.82) is 5.26 Å². The number of hydrogen-bond donors (Lipinski definition) is 0. The lowest BCUT2D eigenvalue weighted by molar-refractivity contribution is -0.130. The van der Waals surface area contributed by atoms with Crippen LogP contribution in [0.25, 0.3) is 11.7 Å². The third kappa shape index (κ3) is 4.19. The number of hydrogen-bond acceptors (Lipinski definition) is 6. The van der Waals surface area contributed by atoms with Crippen LogP contribution in [0.1, 0.15) is 30.9 Å². The third-order valence-electron chi connectivity index (χ3n) is 6.09. The highest BCUT2D eigenvalue weighted by Crippen LogP contribution is 2.26. The molecule has 0 aromatic carbocycles. The molecule has 4 rings (SSSR count). The summed E-state index contributed by atoms with van der Waals surface area (Å²) in [6, 6.07) is 5.72. The van der Waals surface area contributed by atoms with Crippen molar-refractivity contribution in [1.82, 2.24) is 14.3 Å². The molecule has 0 saturated carbocycles. The second-order valence-electron chi connectivity index (χ2n) is 8.28. The maximum atomic E-state index is 13.5. The van der Waals surface area contributed by atoms with Crippen molar-refractivity contribution in [3.8, 4) is 6.07 Å². The van der Waals surface area contributed by atoms with Crippen LogP contribution in [0.5, 0.6) is 0 Å². The number of ether oxygens (including phenoxy) is 1. The molecular formula is C23H27N5O3. The zero-order valence-electron chi connectivity index (χ0n) is 18.0. The Kier molecular flexibility index (Phi) is 6.05. The van der Waals surface area contributed by atoms with E-state index in [1.165, 1.54) is 10.5 Å². The van der Waals surface area contributed by atoms with E-state index >= 15 is 0 Å². The van der Waals surface area contributed by atoms with E-state index in [1.807, 2.05) is 19.1 Å². The summed E-state index contributed by atoms with van der Waals surface area (Å²) in [7, 11) is 0. The fourth-order valence-corrected chi connectivity index (χ4v) is 4.11. The molecule has 0 N–H and O–H groups in total.